The van der Waals surface area contributed by atoms with Crippen molar-refractivity contribution >= 4 is 36.0 Å². The first-order chi connectivity index (χ1) is 12.9. The molecular weight excluding hydrogens is 379 g/mol. The molecule has 5 N–H and O–H groups in total. The van der Waals surface area contributed by atoms with Gasteiger partial charge in [0.1, 0.15) is 0 Å². The summed E-state index contributed by atoms with van der Waals surface area (Å²) in [7, 11) is -1.39. The summed E-state index contributed by atoms with van der Waals surface area (Å²) in [5, 5.41) is 44.7. The summed E-state index contributed by atoms with van der Waals surface area (Å²) in [5.41, 5.74) is -0.131. The molecule has 0 saturated heterocycles. The molecule has 0 aromatic carbocycles. The molecule has 0 aliphatic carbocycles. The molecule has 0 bridgehead atoms. The second kappa shape index (κ2) is 10.2. The number of carboxylic acid groups (broad SMARTS) is 1. The summed E-state index contributed by atoms with van der Waals surface area (Å²) in [6, 6.07) is 3.31. The number of nitrogens with one attached hydrogen (secondary N) is 1. The second-order valence-electron chi connectivity index (χ2n) is 5.61. The highest BCUT2D eigenvalue weighted by molar-refractivity contribution is 7.13. The van der Waals surface area contributed by atoms with E-state index >= 15 is 0 Å². The lowest BCUT2D eigenvalue weighted by Crippen LogP contribution is -2.50. The summed E-state index contributed by atoms with van der Waals surface area (Å²) in [5.74, 6) is -2.73. The number of aliphatic hydroxyl groups is 2. The molecule has 0 unspecified atom stereocenters. The van der Waals surface area contributed by atoms with E-state index in [2.05, 4.69) is 15.3 Å². The van der Waals surface area contributed by atoms with Crippen molar-refractivity contribution in [2.75, 3.05) is 6.61 Å². The van der Waals surface area contributed by atoms with Crippen molar-refractivity contribution < 1.29 is 39.4 Å². The van der Waals surface area contributed by atoms with Gasteiger partial charge in [-0.25, -0.2) is 4.79 Å². The van der Waals surface area contributed by atoms with Crippen LogP contribution in [0.2, 0.25) is 0 Å². The van der Waals surface area contributed by atoms with Gasteiger partial charge in [0, 0.05) is 6.42 Å². The van der Waals surface area contributed by atoms with Gasteiger partial charge < -0.3 is 35.2 Å². The van der Waals surface area contributed by atoms with Crippen LogP contribution in [0.25, 0.3) is 0 Å². The zero-order valence-electron chi connectivity index (χ0n) is 14.1. The van der Waals surface area contributed by atoms with Crippen LogP contribution in [0.5, 0.6) is 0 Å². The third-order valence-corrected chi connectivity index (χ3v) is 4.35. The number of oxime groups is 1. The Bertz CT molecular complexity index is 694. The summed E-state index contributed by atoms with van der Waals surface area (Å²) in [6.45, 7) is -0.703. The van der Waals surface area contributed by atoms with Crippen LogP contribution >= 0.6 is 11.3 Å². The van der Waals surface area contributed by atoms with Crippen molar-refractivity contribution in [3.8, 4) is 0 Å². The summed E-state index contributed by atoms with van der Waals surface area (Å²) in [4.78, 5) is 28.3. The van der Waals surface area contributed by atoms with E-state index in [0.29, 0.717) is 4.88 Å². The molecule has 0 fully saturated rings. The Balaban J connectivity index is 2.06. The van der Waals surface area contributed by atoms with Crippen molar-refractivity contribution in [3.05, 3.63) is 34.5 Å². The van der Waals surface area contributed by atoms with Gasteiger partial charge in [-0.05, 0) is 17.9 Å². The molecule has 1 aromatic heterocycles. The minimum Gasteiger partial charge on any atom is -0.479 e. The van der Waals surface area contributed by atoms with Gasteiger partial charge in [0.2, 0.25) is 6.61 Å². The van der Waals surface area contributed by atoms with Crippen molar-refractivity contribution in [1.82, 2.24) is 5.32 Å². The molecule has 0 saturated carbocycles. The molecule has 146 valence electrons. The third kappa shape index (κ3) is 6.77. The average Bonchev–Trinajstić information content (AvgIpc) is 3.05. The number of carboxylic acids is 1. The zero-order chi connectivity index (χ0) is 19.8. The fourth-order valence-corrected chi connectivity index (χ4v) is 2.99. The fourth-order valence-electron chi connectivity index (χ4n) is 2.29. The van der Waals surface area contributed by atoms with Crippen LogP contribution < -0.4 is 5.32 Å². The standard InChI is InChI=1S/C15H19BN2O8S/c19-12(20)7-9-3-1-5-11(16(24)26-9)17-15(23)14(10-4-2-6-27-10)18-25-8-13(21)22/h1-4,6,9,11-12,19-20,24H,5,7-8H2,(H,17,23)(H,21,22)/b18-14-/t9-,11+/m1/s1. The van der Waals surface area contributed by atoms with E-state index in [4.69, 9.17) is 20.0 Å². The lowest BCUT2D eigenvalue weighted by atomic mass is 9.77. The molecule has 1 aliphatic heterocycles. The lowest BCUT2D eigenvalue weighted by molar-refractivity contribution is -0.142. The molecule has 12 heteroatoms. The van der Waals surface area contributed by atoms with Crippen LogP contribution in [-0.2, 0) is 19.1 Å². The molecule has 1 aromatic rings. The molecule has 10 nitrogen and oxygen atoms in total. The fraction of sp³-hybridized carbons (Fsp3) is 0.400. The first-order valence-electron chi connectivity index (χ1n) is 7.99. The molecule has 0 spiro atoms. The smallest absolute Gasteiger partial charge is 0.478 e. The minimum absolute atomic E-state index is 0.126. The molecule has 27 heavy (non-hydrogen) atoms. The normalized spacial score (nSPS) is 20.4. The van der Waals surface area contributed by atoms with E-state index < -0.39 is 43.9 Å². The molecule has 2 atom stereocenters. The van der Waals surface area contributed by atoms with Gasteiger partial charge in [0.05, 0.1) is 16.9 Å². The number of carbonyl (C=O) groups is 2. The highest BCUT2D eigenvalue weighted by Crippen LogP contribution is 2.15. The Kier molecular flexibility index (Phi) is 7.94. The Morgan fingerprint density at radius 1 is 1.48 bits per heavy atom. The molecule has 2 heterocycles. The Hall–Kier alpha value is -2.25. The number of nitrogens with zero attached hydrogens (tertiary/aromatic N) is 1. The third-order valence-electron chi connectivity index (χ3n) is 3.47. The number of hydrogen-bond acceptors (Lipinski definition) is 9. The Morgan fingerprint density at radius 2 is 2.26 bits per heavy atom. The maximum absolute atomic E-state index is 12.6. The van der Waals surface area contributed by atoms with Gasteiger partial charge in [0.25, 0.3) is 5.91 Å². The number of aliphatic carboxylic acids is 1. The minimum atomic E-state index is -1.60. The lowest BCUT2D eigenvalue weighted by Gasteiger charge is -2.21. The van der Waals surface area contributed by atoms with Gasteiger partial charge in [-0.3, -0.25) is 4.79 Å². The monoisotopic (exact) mass is 398 g/mol. The number of hydrogen-bond donors (Lipinski definition) is 5. The van der Waals surface area contributed by atoms with Crippen molar-refractivity contribution in [1.29, 1.82) is 0 Å². The number of aliphatic hydroxyl groups excluding tert-OH is 1. The summed E-state index contributed by atoms with van der Waals surface area (Å²) >= 11 is 1.21. The van der Waals surface area contributed by atoms with Crippen LogP contribution in [-0.4, -0.2) is 70.0 Å². The molecular formula is C15H19BN2O8S. The van der Waals surface area contributed by atoms with E-state index in [0.717, 1.165) is 0 Å². The number of thiophene rings is 1. The maximum atomic E-state index is 12.6. The van der Waals surface area contributed by atoms with E-state index in [9.17, 15) is 14.6 Å². The van der Waals surface area contributed by atoms with E-state index in [1.807, 2.05) is 0 Å². The van der Waals surface area contributed by atoms with E-state index in [1.54, 1.807) is 29.7 Å². The first kappa shape index (κ1) is 21.1. The molecule has 1 aliphatic rings. The van der Waals surface area contributed by atoms with Gasteiger partial charge >= 0.3 is 13.1 Å². The zero-order valence-corrected chi connectivity index (χ0v) is 14.9. The van der Waals surface area contributed by atoms with Crippen LogP contribution in [0.1, 0.15) is 17.7 Å². The Labute approximate surface area is 158 Å². The van der Waals surface area contributed by atoms with Crippen LogP contribution in [0.3, 0.4) is 0 Å². The van der Waals surface area contributed by atoms with E-state index in [-0.39, 0.29) is 18.6 Å². The summed E-state index contributed by atoms with van der Waals surface area (Å²) < 4.78 is 5.31. The first-order valence-corrected chi connectivity index (χ1v) is 8.87. The highest BCUT2D eigenvalue weighted by Gasteiger charge is 2.33. The number of rotatable bonds is 8. The molecule has 0 radical (unpaired) electrons. The largest absolute Gasteiger partial charge is 0.479 e. The van der Waals surface area contributed by atoms with Crippen LogP contribution in [0, 0.1) is 0 Å². The second-order valence-corrected chi connectivity index (χ2v) is 6.56. The van der Waals surface area contributed by atoms with Crippen LogP contribution in [0.4, 0.5) is 0 Å². The van der Waals surface area contributed by atoms with Gasteiger partial charge in [-0.15, -0.1) is 11.3 Å². The van der Waals surface area contributed by atoms with Crippen molar-refractivity contribution in [3.63, 3.8) is 0 Å². The predicted molar refractivity (Wildman–Crippen MR) is 95.8 cm³/mol. The maximum Gasteiger partial charge on any atom is 0.478 e. The topological polar surface area (TPSA) is 158 Å². The highest BCUT2D eigenvalue weighted by atomic mass is 32.1. The molecule has 2 rings (SSSR count). The quantitative estimate of drug-likeness (QED) is 0.124. The number of carbonyl (C=O) groups excluding carboxylic acids is 1. The average molecular weight is 398 g/mol. The summed E-state index contributed by atoms with van der Waals surface area (Å²) in [6.07, 6.45) is 1.02. The molecule has 1 amide bonds. The van der Waals surface area contributed by atoms with Crippen molar-refractivity contribution in [2.24, 2.45) is 5.16 Å². The van der Waals surface area contributed by atoms with Gasteiger partial charge in [-0.2, -0.15) is 0 Å². The SMILES string of the molecule is O=C(O)CO/N=C(\C(=O)N[C@H]1CC=C[C@H](CC(O)O)OB1O)c1cccs1. The Morgan fingerprint density at radius 3 is 2.89 bits per heavy atom. The number of amides is 1. The van der Waals surface area contributed by atoms with E-state index in [1.165, 1.54) is 11.3 Å². The van der Waals surface area contributed by atoms with Crippen LogP contribution in [0.15, 0.2) is 34.8 Å². The van der Waals surface area contributed by atoms with Gasteiger partial charge in [-0.1, -0.05) is 23.4 Å². The van der Waals surface area contributed by atoms with Gasteiger partial charge in [0.15, 0.2) is 12.0 Å². The predicted octanol–water partition coefficient (Wildman–Crippen LogP) is -0.896. The van der Waals surface area contributed by atoms with Crippen molar-refractivity contribution in [2.45, 2.75) is 31.2 Å².